The van der Waals surface area contributed by atoms with Crippen molar-refractivity contribution < 1.29 is 18.9 Å². The van der Waals surface area contributed by atoms with E-state index >= 15 is 0 Å². The van der Waals surface area contributed by atoms with E-state index in [1.807, 2.05) is 27.7 Å². The zero-order chi connectivity index (χ0) is 16.9. The minimum absolute atomic E-state index is 0.272. The SMILES string of the molecule is CCOC(C)(OCC)[SiH2]CCCC[SiH2]C(C)(OCC)OCC. The maximum Gasteiger partial charge on any atom is 0.142 e. The molecule has 0 aliphatic carbocycles. The van der Waals surface area contributed by atoms with E-state index in [0.717, 1.165) is 26.4 Å². The molecule has 0 spiro atoms. The summed E-state index contributed by atoms with van der Waals surface area (Å²) in [7, 11) is -0.732. The normalized spacial score (nSPS) is 13.9. The molecule has 6 heteroatoms. The molecule has 0 radical (unpaired) electrons. The Morgan fingerprint density at radius 3 is 1.09 bits per heavy atom. The van der Waals surface area contributed by atoms with Gasteiger partial charge in [-0.25, -0.2) is 0 Å². The second-order valence-electron chi connectivity index (χ2n) is 5.91. The Bertz CT molecular complexity index is 227. The van der Waals surface area contributed by atoms with Crippen LogP contribution in [0.2, 0.25) is 12.1 Å². The number of ether oxygens (including phenoxy) is 4. The van der Waals surface area contributed by atoms with Gasteiger partial charge < -0.3 is 18.9 Å². The fourth-order valence-electron chi connectivity index (χ4n) is 2.84. The third-order valence-electron chi connectivity index (χ3n) is 3.81. The van der Waals surface area contributed by atoms with Gasteiger partial charge in [0.25, 0.3) is 0 Å². The van der Waals surface area contributed by atoms with Crippen LogP contribution in [-0.2, 0) is 18.9 Å². The summed E-state index contributed by atoms with van der Waals surface area (Å²) in [5.74, 6) is 0. The minimum atomic E-state index is -0.366. The summed E-state index contributed by atoms with van der Waals surface area (Å²) in [6, 6.07) is 2.57. The fraction of sp³-hybridized carbons (Fsp3) is 1.00. The van der Waals surface area contributed by atoms with Gasteiger partial charge in [0.1, 0.15) is 10.8 Å². The minimum Gasteiger partial charge on any atom is -0.355 e. The molecule has 0 fully saturated rings. The van der Waals surface area contributed by atoms with Crippen molar-refractivity contribution in [3.63, 3.8) is 0 Å². The number of unbranched alkanes of at least 4 members (excludes halogenated alkanes) is 1. The highest BCUT2D eigenvalue weighted by Gasteiger charge is 2.25. The highest BCUT2D eigenvalue weighted by molar-refractivity contribution is 6.39. The monoisotopic (exact) mass is 350 g/mol. The first-order valence-electron chi connectivity index (χ1n) is 9.01. The number of rotatable bonds is 15. The lowest BCUT2D eigenvalue weighted by atomic mass is 10.4. The van der Waals surface area contributed by atoms with E-state index in [1.165, 1.54) is 24.9 Å². The Labute approximate surface area is 142 Å². The first-order valence-corrected chi connectivity index (χ1v) is 12.4. The van der Waals surface area contributed by atoms with Gasteiger partial charge in [0.15, 0.2) is 0 Å². The van der Waals surface area contributed by atoms with Crippen LogP contribution >= 0.6 is 0 Å². The first kappa shape index (κ1) is 22.3. The van der Waals surface area contributed by atoms with Crippen LogP contribution in [0.4, 0.5) is 0 Å². The fourth-order valence-corrected chi connectivity index (χ4v) is 6.72. The van der Waals surface area contributed by atoms with Crippen molar-refractivity contribution in [2.24, 2.45) is 0 Å². The Kier molecular flexibility index (Phi) is 12.8. The lowest BCUT2D eigenvalue weighted by Crippen LogP contribution is -2.39. The molecule has 0 aliphatic rings. The molecule has 0 saturated heterocycles. The highest BCUT2D eigenvalue weighted by atomic mass is 28.2. The summed E-state index contributed by atoms with van der Waals surface area (Å²) in [6.45, 7) is 15.3. The van der Waals surface area contributed by atoms with Crippen molar-refractivity contribution in [2.45, 2.75) is 77.3 Å². The summed E-state index contributed by atoms with van der Waals surface area (Å²) in [5.41, 5.74) is -0.543. The molecule has 0 rings (SSSR count). The molecular formula is C16H38O4Si2. The summed E-state index contributed by atoms with van der Waals surface area (Å²) in [5, 5.41) is 0. The molecule has 0 atom stereocenters. The Balaban J connectivity index is 3.91. The molecule has 134 valence electrons. The van der Waals surface area contributed by atoms with Gasteiger partial charge in [0, 0.05) is 26.4 Å². The van der Waals surface area contributed by atoms with Gasteiger partial charge in [-0.05, 0) is 41.5 Å². The molecular weight excluding hydrogens is 312 g/mol. The van der Waals surface area contributed by atoms with Gasteiger partial charge in [-0.15, -0.1) is 0 Å². The van der Waals surface area contributed by atoms with Crippen molar-refractivity contribution in [3.05, 3.63) is 0 Å². The second-order valence-corrected chi connectivity index (χ2v) is 10.9. The highest BCUT2D eigenvalue weighted by Crippen LogP contribution is 2.17. The molecule has 0 aromatic carbocycles. The van der Waals surface area contributed by atoms with E-state index in [9.17, 15) is 0 Å². The van der Waals surface area contributed by atoms with Gasteiger partial charge in [0.2, 0.25) is 0 Å². The van der Waals surface area contributed by atoms with Crippen molar-refractivity contribution in [2.75, 3.05) is 26.4 Å². The molecule has 0 N–H and O–H groups in total. The van der Waals surface area contributed by atoms with Gasteiger partial charge >= 0.3 is 0 Å². The quantitative estimate of drug-likeness (QED) is 0.258. The standard InChI is InChI=1S/C16H38O4Si2/c1-7-17-15(5,18-8-2)21-13-11-12-14-22-16(6,19-9-3)20-10-4/h7-14,21-22H2,1-6H3. The summed E-state index contributed by atoms with van der Waals surface area (Å²) in [4.78, 5) is 0. The van der Waals surface area contributed by atoms with Gasteiger partial charge in [-0.2, -0.15) is 0 Å². The van der Waals surface area contributed by atoms with Gasteiger partial charge in [-0.3, -0.25) is 0 Å². The number of hydrogen-bond donors (Lipinski definition) is 0. The largest absolute Gasteiger partial charge is 0.355 e. The predicted octanol–water partition coefficient (Wildman–Crippen LogP) is 2.43. The van der Waals surface area contributed by atoms with Crippen LogP contribution in [0.5, 0.6) is 0 Å². The molecule has 0 aromatic rings. The van der Waals surface area contributed by atoms with Crippen molar-refractivity contribution >= 4 is 19.0 Å². The van der Waals surface area contributed by atoms with E-state index in [-0.39, 0.29) is 29.9 Å². The van der Waals surface area contributed by atoms with Crippen LogP contribution < -0.4 is 0 Å². The lowest BCUT2D eigenvalue weighted by molar-refractivity contribution is -0.163. The second kappa shape index (κ2) is 12.7. The molecule has 0 saturated carbocycles. The van der Waals surface area contributed by atoms with Crippen LogP contribution in [0.15, 0.2) is 0 Å². The number of hydrogen-bond acceptors (Lipinski definition) is 4. The summed E-state index contributed by atoms with van der Waals surface area (Å²) >= 11 is 0. The zero-order valence-corrected chi connectivity index (χ0v) is 18.5. The smallest absolute Gasteiger partial charge is 0.142 e. The Hall–Kier alpha value is 0.274. The van der Waals surface area contributed by atoms with Crippen molar-refractivity contribution in [1.29, 1.82) is 0 Å². The topological polar surface area (TPSA) is 36.9 Å². The molecule has 0 aliphatic heterocycles. The van der Waals surface area contributed by atoms with E-state index < -0.39 is 0 Å². The molecule has 0 amide bonds. The molecule has 4 nitrogen and oxygen atoms in total. The average Bonchev–Trinajstić information content (AvgIpc) is 2.44. The van der Waals surface area contributed by atoms with E-state index in [1.54, 1.807) is 0 Å². The van der Waals surface area contributed by atoms with Crippen LogP contribution in [0.1, 0.15) is 54.4 Å². The third kappa shape index (κ3) is 10.1. The van der Waals surface area contributed by atoms with Crippen molar-refractivity contribution in [3.8, 4) is 0 Å². The van der Waals surface area contributed by atoms with Crippen molar-refractivity contribution in [1.82, 2.24) is 0 Å². The average molecular weight is 351 g/mol. The third-order valence-corrected chi connectivity index (χ3v) is 8.15. The molecule has 0 bridgehead atoms. The predicted molar refractivity (Wildman–Crippen MR) is 99.3 cm³/mol. The maximum atomic E-state index is 5.80. The van der Waals surface area contributed by atoms with E-state index in [4.69, 9.17) is 18.9 Å². The van der Waals surface area contributed by atoms with E-state index in [0.29, 0.717) is 0 Å². The van der Waals surface area contributed by atoms with Gasteiger partial charge in [0.05, 0.1) is 19.0 Å². The molecule has 0 unspecified atom stereocenters. The molecule has 0 aromatic heterocycles. The summed E-state index contributed by atoms with van der Waals surface area (Å²) in [6.07, 6.45) is 2.56. The van der Waals surface area contributed by atoms with E-state index in [2.05, 4.69) is 13.8 Å². The van der Waals surface area contributed by atoms with Crippen LogP contribution in [0.25, 0.3) is 0 Å². The Morgan fingerprint density at radius 1 is 0.591 bits per heavy atom. The summed E-state index contributed by atoms with van der Waals surface area (Å²) < 4.78 is 23.2. The van der Waals surface area contributed by atoms with Gasteiger partial charge in [-0.1, -0.05) is 24.9 Å². The first-order chi connectivity index (χ1) is 10.4. The lowest BCUT2D eigenvalue weighted by Gasteiger charge is -2.30. The maximum absolute atomic E-state index is 5.80. The molecule has 0 heterocycles. The Morgan fingerprint density at radius 2 is 0.864 bits per heavy atom. The molecule has 22 heavy (non-hydrogen) atoms. The van der Waals surface area contributed by atoms with Crippen LogP contribution in [0, 0.1) is 0 Å². The van der Waals surface area contributed by atoms with Crippen LogP contribution in [0.3, 0.4) is 0 Å². The van der Waals surface area contributed by atoms with Crippen LogP contribution in [-0.4, -0.2) is 56.3 Å². The zero-order valence-electron chi connectivity index (χ0n) is 15.7.